The molecule has 2 aromatic carbocycles. The molecular formula is C20H18BrNO4. The highest BCUT2D eigenvalue weighted by atomic mass is 79.9. The van der Waals surface area contributed by atoms with Crippen LogP contribution in [-0.2, 0) is 26.6 Å². The predicted molar refractivity (Wildman–Crippen MR) is 101 cm³/mol. The largest absolute Gasteiger partial charge is 0.489 e. The first-order valence-electron chi connectivity index (χ1n) is 8.37. The highest BCUT2D eigenvalue weighted by molar-refractivity contribution is 9.10. The van der Waals surface area contributed by atoms with Crippen molar-refractivity contribution in [3.8, 4) is 5.75 Å². The number of benzene rings is 2. The van der Waals surface area contributed by atoms with Gasteiger partial charge in [-0.1, -0.05) is 46.8 Å². The van der Waals surface area contributed by atoms with Gasteiger partial charge >= 0.3 is 0 Å². The van der Waals surface area contributed by atoms with Gasteiger partial charge in [-0.2, -0.15) is 0 Å². The van der Waals surface area contributed by atoms with Gasteiger partial charge in [0.05, 0.1) is 25.4 Å². The third-order valence-electron chi connectivity index (χ3n) is 4.48. The van der Waals surface area contributed by atoms with Crippen LogP contribution in [0.3, 0.4) is 0 Å². The van der Waals surface area contributed by atoms with E-state index in [0.29, 0.717) is 26.4 Å². The van der Waals surface area contributed by atoms with Gasteiger partial charge in [0.15, 0.2) is 0 Å². The lowest BCUT2D eigenvalue weighted by Crippen LogP contribution is -2.41. The number of para-hydroxylation sites is 1. The quantitative estimate of drug-likeness (QED) is 0.697. The van der Waals surface area contributed by atoms with Gasteiger partial charge in [-0.25, -0.2) is 0 Å². The van der Waals surface area contributed by atoms with Crippen LogP contribution >= 0.6 is 15.9 Å². The third-order valence-corrected chi connectivity index (χ3v) is 4.98. The number of rotatable bonds is 5. The Hall–Kier alpha value is -2.15. The molecule has 0 aliphatic carbocycles. The van der Waals surface area contributed by atoms with Gasteiger partial charge in [0.25, 0.3) is 11.7 Å². The molecule has 1 saturated heterocycles. The average molecular weight is 416 g/mol. The molecule has 0 unspecified atom stereocenters. The van der Waals surface area contributed by atoms with E-state index < -0.39 is 5.79 Å². The number of hydrogen-bond acceptors (Lipinski definition) is 4. The predicted octanol–water partition coefficient (Wildman–Crippen LogP) is 3.76. The Labute approximate surface area is 160 Å². The average Bonchev–Trinajstić information content (AvgIpc) is 3.22. The fraction of sp³-hybridized carbons (Fsp3) is 0.250. The van der Waals surface area contributed by atoms with Gasteiger partial charge in [-0.3, -0.25) is 4.79 Å². The SMILES string of the molecule is C=CCOc1ccccc1CN1C(=O)C2(OCCO2)c2cc(Br)ccc21. The van der Waals surface area contributed by atoms with Gasteiger partial charge in [0.2, 0.25) is 0 Å². The summed E-state index contributed by atoms with van der Waals surface area (Å²) in [6, 6.07) is 13.4. The van der Waals surface area contributed by atoms with E-state index in [0.717, 1.165) is 27.0 Å². The minimum Gasteiger partial charge on any atom is -0.489 e. The van der Waals surface area contributed by atoms with Gasteiger partial charge < -0.3 is 19.1 Å². The molecule has 2 aromatic rings. The van der Waals surface area contributed by atoms with E-state index >= 15 is 0 Å². The van der Waals surface area contributed by atoms with Crippen molar-refractivity contribution in [2.24, 2.45) is 0 Å². The van der Waals surface area contributed by atoms with Crippen LogP contribution < -0.4 is 9.64 Å². The Balaban J connectivity index is 1.72. The van der Waals surface area contributed by atoms with Gasteiger partial charge in [-0.05, 0) is 24.3 Å². The lowest BCUT2D eigenvalue weighted by atomic mass is 10.1. The van der Waals surface area contributed by atoms with Crippen molar-refractivity contribution in [3.05, 3.63) is 70.7 Å². The zero-order valence-corrected chi connectivity index (χ0v) is 15.7. The summed E-state index contributed by atoms with van der Waals surface area (Å²) in [4.78, 5) is 14.9. The van der Waals surface area contributed by atoms with Crippen LogP contribution in [0.25, 0.3) is 0 Å². The Kier molecular flexibility index (Phi) is 4.56. The minimum absolute atomic E-state index is 0.207. The van der Waals surface area contributed by atoms with Crippen LogP contribution in [0, 0.1) is 0 Å². The van der Waals surface area contributed by atoms with E-state index in [2.05, 4.69) is 22.5 Å². The smallest absolute Gasteiger partial charge is 0.292 e. The second-order valence-corrected chi connectivity index (χ2v) is 6.99. The molecule has 0 bridgehead atoms. The summed E-state index contributed by atoms with van der Waals surface area (Å²) in [6.07, 6.45) is 1.69. The Bertz CT molecular complexity index is 861. The monoisotopic (exact) mass is 415 g/mol. The van der Waals surface area contributed by atoms with Crippen molar-refractivity contribution in [2.45, 2.75) is 12.3 Å². The fourth-order valence-corrected chi connectivity index (χ4v) is 3.71. The number of carbonyl (C=O) groups excluding carboxylic acids is 1. The van der Waals surface area contributed by atoms with Crippen molar-refractivity contribution in [3.63, 3.8) is 0 Å². The molecule has 0 saturated carbocycles. The summed E-state index contributed by atoms with van der Waals surface area (Å²) < 4.78 is 18.2. The molecule has 1 fully saturated rings. The van der Waals surface area contributed by atoms with E-state index in [1.807, 2.05) is 42.5 Å². The van der Waals surface area contributed by atoms with E-state index in [4.69, 9.17) is 14.2 Å². The minimum atomic E-state index is -1.34. The molecule has 5 nitrogen and oxygen atoms in total. The molecule has 6 heteroatoms. The fourth-order valence-electron chi connectivity index (χ4n) is 3.35. The molecule has 4 rings (SSSR count). The highest BCUT2D eigenvalue weighted by Crippen LogP contribution is 2.47. The van der Waals surface area contributed by atoms with Crippen molar-refractivity contribution in [1.82, 2.24) is 0 Å². The summed E-state index contributed by atoms with van der Waals surface area (Å²) >= 11 is 3.47. The first kappa shape index (κ1) is 17.3. The normalized spacial score (nSPS) is 17.6. The third kappa shape index (κ3) is 2.74. The number of fused-ring (bicyclic) bond motifs is 2. The van der Waals surface area contributed by atoms with E-state index in [1.54, 1.807) is 11.0 Å². The molecule has 0 radical (unpaired) electrons. The summed E-state index contributed by atoms with van der Waals surface area (Å²) in [7, 11) is 0. The van der Waals surface area contributed by atoms with E-state index in [-0.39, 0.29) is 5.91 Å². The van der Waals surface area contributed by atoms with Crippen LogP contribution in [-0.4, -0.2) is 25.7 Å². The summed E-state index contributed by atoms with van der Waals surface area (Å²) in [5, 5.41) is 0. The van der Waals surface area contributed by atoms with Crippen molar-refractivity contribution in [1.29, 1.82) is 0 Å². The number of anilines is 1. The molecule has 1 spiro atoms. The maximum atomic E-state index is 13.2. The lowest BCUT2D eigenvalue weighted by molar-refractivity contribution is -0.180. The van der Waals surface area contributed by atoms with Crippen LogP contribution in [0.4, 0.5) is 5.69 Å². The lowest BCUT2D eigenvalue weighted by Gasteiger charge is -2.23. The zero-order chi connectivity index (χ0) is 18.1. The number of amides is 1. The summed E-state index contributed by atoms with van der Waals surface area (Å²) in [5.74, 6) is -0.814. The molecule has 2 aliphatic heterocycles. The number of hydrogen-bond donors (Lipinski definition) is 0. The van der Waals surface area contributed by atoms with E-state index in [9.17, 15) is 4.79 Å². The molecule has 0 N–H and O–H groups in total. The van der Waals surface area contributed by atoms with Gasteiger partial charge in [-0.15, -0.1) is 0 Å². The molecule has 0 aromatic heterocycles. The van der Waals surface area contributed by atoms with Crippen LogP contribution in [0.15, 0.2) is 59.6 Å². The number of ether oxygens (including phenoxy) is 3. The maximum absolute atomic E-state index is 13.2. The number of carbonyl (C=O) groups is 1. The second-order valence-electron chi connectivity index (χ2n) is 6.07. The number of nitrogens with zero attached hydrogens (tertiary/aromatic N) is 1. The summed E-state index contributed by atoms with van der Waals surface area (Å²) in [5.41, 5.74) is 2.43. The zero-order valence-electron chi connectivity index (χ0n) is 14.1. The Morgan fingerprint density at radius 1 is 1.23 bits per heavy atom. The van der Waals surface area contributed by atoms with Crippen LogP contribution in [0.2, 0.25) is 0 Å². The molecule has 1 amide bonds. The van der Waals surface area contributed by atoms with Crippen molar-refractivity contribution < 1.29 is 19.0 Å². The maximum Gasteiger partial charge on any atom is 0.292 e. The highest BCUT2D eigenvalue weighted by Gasteiger charge is 2.56. The first-order valence-corrected chi connectivity index (χ1v) is 9.16. The number of halogens is 1. The van der Waals surface area contributed by atoms with Crippen molar-refractivity contribution in [2.75, 3.05) is 24.7 Å². The standard InChI is InChI=1S/C20H18BrNO4/c1-2-9-24-18-6-4-3-5-14(18)13-22-17-8-7-15(21)12-16(17)20(19(22)23)25-10-11-26-20/h2-8,12H,1,9-11,13H2. The molecule has 2 aliphatic rings. The second kappa shape index (κ2) is 6.87. The molecule has 2 heterocycles. The van der Waals surface area contributed by atoms with Crippen molar-refractivity contribution >= 4 is 27.5 Å². The first-order chi connectivity index (χ1) is 12.7. The van der Waals surface area contributed by atoms with Crippen LogP contribution in [0.1, 0.15) is 11.1 Å². The van der Waals surface area contributed by atoms with Gasteiger partial charge in [0, 0.05) is 15.6 Å². The summed E-state index contributed by atoms with van der Waals surface area (Å²) in [6.45, 7) is 5.24. The van der Waals surface area contributed by atoms with Crippen LogP contribution in [0.5, 0.6) is 5.75 Å². The molecule has 134 valence electrons. The van der Waals surface area contributed by atoms with E-state index in [1.165, 1.54) is 0 Å². The topological polar surface area (TPSA) is 48.0 Å². The molecule has 0 atom stereocenters. The molecule has 26 heavy (non-hydrogen) atoms. The Morgan fingerprint density at radius 2 is 2.00 bits per heavy atom. The van der Waals surface area contributed by atoms with Gasteiger partial charge in [0.1, 0.15) is 12.4 Å². The molecular weight excluding hydrogens is 398 g/mol. The Morgan fingerprint density at radius 3 is 2.77 bits per heavy atom.